The van der Waals surface area contributed by atoms with Crippen molar-refractivity contribution in [2.45, 2.75) is 20.8 Å². The number of aryl methyl sites for hydroxylation is 1. The highest BCUT2D eigenvalue weighted by atomic mass is 16.4. The Kier molecular flexibility index (Phi) is 5.55. The summed E-state index contributed by atoms with van der Waals surface area (Å²) in [5, 5.41) is 8.95. The topological polar surface area (TPSA) is 60.9 Å². The molecule has 0 bridgehead atoms. The Labute approximate surface area is 119 Å². The number of aromatic carboxylic acids is 1. The molecule has 5 heteroatoms. The van der Waals surface area contributed by atoms with E-state index in [0.717, 1.165) is 11.3 Å². The molecule has 0 aliphatic rings. The zero-order chi connectivity index (χ0) is 15.3. The number of nitrogens with zero attached hydrogens (tertiary/aromatic N) is 2. The third-order valence-electron chi connectivity index (χ3n) is 3.34. The van der Waals surface area contributed by atoms with Crippen molar-refractivity contribution in [3.8, 4) is 0 Å². The van der Waals surface area contributed by atoms with Crippen LogP contribution in [0.15, 0.2) is 18.2 Å². The Hall–Kier alpha value is -2.04. The van der Waals surface area contributed by atoms with Crippen LogP contribution in [-0.4, -0.2) is 48.6 Å². The fourth-order valence-corrected chi connectivity index (χ4v) is 2.18. The lowest BCUT2D eigenvalue weighted by atomic mass is 10.1. The maximum absolute atomic E-state index is 12.1. The van der Waals surface area contributed by atoms with Gasteiger partial charge in [-0.3, -0.25) is 4.79 Å². The number of benzene rings is 1. The smallest absolute Gasteiger partial charge is 0.335 e. The first-order valence-electron chi connectivity index (χ1n) is 6.73. The number of carbonyl (C=O) groups is 2. The molecule has 5 nitrogen and oxygen atoms in total. The van der Waals surface area contributed by atoms with Crippen molar-refractivity contribution in [3.63, 3.8) is 0 Å². The second kappa shape index (κ2) is 6.93. The Bertz CT molecular complexity index is 496. The first-order valence-corrected chi connectivity index (χ1v) is 6.73. The van der Waals surface area contributed by atoms with Crippen LogP contribution >= 0.6 is 0 Å². The minimum atomic E-state index is -0.943. The monoisotopic (exact) mass is 278 g/mol. The van der Waals surface area contributed by atoms with Crippen LogP contribution in [0.2, 0.25) is 0 Å². The van der Waals surface area contributed by atoms with Gasteiger partial charge in [0, 0.05) is 25.8 Å². The quantitative estimate of drug-likeness (QED) is 0.864. The van der Waals surface area contributed by atoms with Crippen molar-refractivity contribution in [3.05, 3.63) is 29.3 Å². The van der Waals surface area contributed by atoms with Crippen LogP contribution in [0.4, 0.5) is 5.69 Å². The van der Waals surface area contributed by atoms with E-state index in [9.17, 15) is 9.59 Å². The molecule has 0 heterocycles. The van der Waals surface area contributed by atoms with Crippen molar-refractivity contribution in [1.82, 2.24) is 4.90 Å². The molecule has 0 aromatic heterocycles. The molecule has 1 aromatic carbocycles. The predicted molar refractivity (Wildman–Crippen MR) is 79.3 cm³/mol. The molecule has 0 unspecified atom stereocenters. The summed E-state index contributed by atoms with van der Waals surface area (Å²) >= 11 is 0. The van der Waals surface area contributed by atoms with Gasteiger partial charge in [-0.05, 0) is 44.5 Å². The lowest BCUT2D eigenvalue weighted by molar-refractivity contribution is -0.129. The number of carboxylic acid groups (broad SMARTS) is 1. The SMILES string of the molecule is CCN(CC)C(=O)CN(C)c1ccc(C(=O)O)cc1C. The molecule has 1 N–H and O–H groups in total. The van der Waals surface area contributed by atoms with Crippen LogP contribution in [0.5, 0.6) is 0 Å². The summed E-state index contributed by atoms with van der Waals surface area (Å²) in [7, 11) is 1.84. The van der Waals surface area contributed by atoms with E-state index in [1.54, 1.807) is 23.1 Å². The van der Waals surface area contributed by atoms with E-state index in [1.807, 2.05) is 32.7 Å². The van der Waals surface area contributed by atoms with Gasteiger partial charge in [0.2, 0.25) is 5.91 Å². The number of rotatable bonds is 6. The molecule has 110 valence electrons. The molecule has 0 radical (unpaired) electrons. The lowest BCUT2D eigenvalue weighted by Gasteiger charge is -2.25. The van der Waals surface area contributed by atoms with Gasteiger partial charge < -0.3 is 14.9 Å². The Morgan fingerprint density at radius 2 is 1.80 bits per heavy atom. The second-order valence-electron chi connectivity index (χ2n) is 4.73. The Morgan fingerprint density at radius 3 is 2.25 bits per heavy atom. The number of likely N-dealkylation sites (N-methyl/N-ethyl adjacent to an activating group) is 2. The number of hydrogen-bond donors (Lipinski definition) is 1. The van der Waals surface area contributed by atoms with Crippen molar-refractivity contribution in [2.24, 2.45) is 0 Å². The molecule has 20 heavy (non-hydrogen) atoms. The van der Waals surface area contributed by atoms with E-state index in [0.29, 0.717) is 13.1 Å². The summed E-state index contributed by atoms with van der Waals surface area (Å²) in [6, 6.07) is 4.92. The average molecular weight is 278 g/mol. The van der Waals surface area contributed by atoms with Gasteiger partial charge in [-0.25, -0.2) is 4.79 Å². The molecule has 1 amide bonds. The van der Waals surface area contributed by atoms with Gasteiger partial charge in [0.15, 0.2) is 0 Å². The van der Waals surface area contributed by atoms with Gasteiger partial charge in [-0.2, -0.15) is 0 Å². The van der Waals surface area contributed by atoms with E-state index in [-0.39, 0.29) is 18.0 Å². The van der Waals surface area contributed by atoms with Gasteiger partial charge in [0.25, 0.3) is 0 Å². The first-order chi connectivity index (χ1) is 9.40. The maximum Gasteiger partial charge on any atom is 0.335 e. The summed E-state index contributed by atoms with van der Waals surface area (Å²) in [5.74, 6) is -0.874. The van der Waals surface area contributed by atoms with Gasteiger partial charge in [0.1, 0.15) is 0 Å². The molecule has 0 aliphatic heterocycles. The van der Waals surface area contributed by atoms with E-state index < -0.39 is 5.97 Å². The molecule has 1 rings (SSSR count). The van der Waals surface area contributed by atoms with E-state index in [1.165, 1.54) is 0 Å². The molecule has 0 aliphatic carbocycles. The van der Waals surface area contributed by atoms with Crippen molar-refractivity contribution >= 4 is 17.6 Å². The number of anilines is 1. The van der Waals surface area contributed by atoms with Crippen LogP contribution in [0.25, 0.3) is 0 Å². The summed E-state index contributed by atoms with van der Waals surface area (Å²) < 4.78 is 0. The second-order valence-corrected chi connectivity index (χ2v) is 4.73. The van der Waals surface area contributed by atoms with Crippen LogP contribution in [0.3, 0.4) is 0 Å². The van der Waals surface area contributed by atoms with Gasteiger partial charge >= 0.3 is 5.97 Å². The van der Waals surface area contributed by atoms with E-state index in [2.05, 4.69) is 0 Å². The third-order valence-corrected chi connectivity index (χ3v) is 3.34. The van der Waals surface area contributed by atoms with Gasteiger partial charge in [0.05, 0.1) is 12.1 Å². The van der Waals surface area contributed by atoms with Gasteiger partial charge in [-0.1, -0.05) is 0 Å². The average Bonchev–Trinajstić information content (AvgIpc) is 2.39. The third kappa shape index (κ3) is 3.73. The number of carbonyl (C=O) groups excluding carboxylic acids is 1. The van der Waals surface area contributed by atoms with Crippen LogP contribution < -0.4 is 4.90 Å². The largest absolute Gasteiger partial charge is 0.478 e. The highest BCUT2D eigenvalue weighted by molar-refractivity contribution is 5.89. The number of hydrogen-bond acceptors (Lipinski definition) is 3. The number of carboxylic acids is 1. The fourth-order valence-electron chi connectivity index (χ4n) is 2.18. The molecule has 0 saturated carbocycles. The minimum Gasteiger partial charge on any atom is -0.478 e. The molecule has 0 atom stereocenters. The summed E-state index contributed by atoms with van der Waals surface area (Å²) in [6.07, 6.45) is 0. The molecule has 1 aromatic rings. The van der Waals surface area contributed by atoms with Crippen LogP contribution in [-0.2, 0) is 4.79 Å². The molecule has 0 fully saturated rings. The first kappa shape index (κ1) is 16.0. The summed E-state index contributed by atoms with van der Waals surface area (Å²) in [6.45, 7) is 7.43. The van der Waals surface area contributed by atoms with E-state index >= 15 is 0 Å². The molecular formula is C15H22N2O3. The number of amides is 1. The highest BCUT2D eigenvalue weighted by Gasteiger charge is 2.15. The standard InChI is InChI=1S/C15H22N2O3/c1-5-17(6-2)14(18)10-16(4)13-8-7-12(15(19)20)9-11(13)3/h7-9H,5-6,10H2,1-4H3,(H,19,20). The summed E-state index contributed by atoms with van der Waals surface area (Å²) in [4.78, 5) is 26.6. The fraction of sp³-hybridized carbons (Fsp3) is 0.467. The predicted octanol–water partition coefficient (Wildman–Crippen LogP) is 2.00. The highest BCUT2D eigenvalue weighted by Crippen LogP contribution is 2.20. The zero-order valence-electron chi connectivity index (χ0n) is 12.5. The summed E-state index contributed by atoms with van der Waals surface area (Å²) in [5.41, 5.74) is 1.98. The Morgan fingerprint density at radius 1 is 1.20 bits per heavy atom. The van der Waals surface area contributed by atoms with Crippen molar-refractivity contribution in [1.29, 1.82) is 0 Å². The van der Waals surface area contributed by atoms with Gasteiger partial charge in [-0.15, -0.1) is 0 Å². The molecule has 0 saturated heterocycles. The van der Waals surface area contributed by atoms with Crippen molar-refractivity contribution in [2.75, 3.05) is 31.6 Å². The molecule has 0 spiro atoms. The zero-order valence-corrected chi connectivity index (χ0v) is 12.5. The van der Waals surface area contributed by atoms with Crippen LogP contribution in [0, 0.1) is 6.92 Å². The van der Waals surface area contributed by atoms with Crippen molar-refractivity contribution < 1.29 is 14.7 Å². The minimum absolute atomic E-state index is 0.0687. The maximum atomic E-state index is 12.1. The Balaban J connectivity index is 2.85. The van der Waals surface area contributed by atoms with Crippen LogP contribution in [0.1, 0.15) is 29.8 Å². The molecular weight excluding hydrogens is 256 g/mol. The lowest BCUT2D eigenvalue weighted by Crippen LogP contribution is -2.39. The van der Waals surface area contributed by atoms with E-state index in [4.69, 9.17) is 5.11 Å². The normalized spacial score (nSPS) is 10.2.